The smallest absolute Gasteiger partial charge is 0.266 e. The summed E-state index contributed by atoms with van der Waals surface area (Å²) in [6, 6.07) is 6.28. The lowest BCUT2D eigenvalue weighted by atomic mass is 9.95. The first-order valence-corrected chi connectivity index (χ1v) is 8.87. The Balaban J connectivity index is 1.99. The highest BCUT2D eigenvalue weighted by Crippen LogP contribution is 2.37. The molecule has 2 unspecified atom stereocenters. The Morgan fingerprint density at radius 1 is 1.38 bits per heavy atom. The molecule has 3 nitrogen and oxygen atoms in total. The second kappa shape index (κ2) is 5.61. The molecule has 5 heteroatoms. The van der Waals surface area contributed by atoms with Crippen molar-refractivity contribution in [1.82, 2.24) is 4.90 Å². The summed E-state index contributed by atoms with van der Waals surface area (Å²) in [4.78, 5) is 15.6. The van der Waals surface area contributed by atoms with Gasteiger partial charge in [-0.05, 0) is 43.9 Å². The molecule has 1 saturated heterocycles. The van der Waals surface area contributed by atoms with Crippen LogP contribution >= 0.6 is 27.3 Å². The molecule has 2 aromatic rings. The monoisotopic (exact) mass is 366 g/mol. The van der Waals surface area contributed by atoms with Crippen molar-refractivity contribution >= 4 is 48.9 Å². The Morgan fingerprint density at radius 2 is 2.14 bits per heavy atom. The summed E-state index contributed by atoms with van der Waals surface area (Å²) in [6.07, 6.45) is 2.27. The molecule has 21 heavy (non-hydrogen) atoms. The molecular weight excluding hydrogens is 348 g/mol. The second-order valence-electron chi connectivity index (χ2n) is 5.97. The van der Waals surface area contributed by atoms with E-state index in [1.54, 1.807) is 0 Å². The summed E-state index contributed by atoms with van der Waals surface area (Å²) in [5.41, 5.74) is 6.85. The maximum atomic E-state index is 12.9. The fourth-order valence-electron chi connectivity index (χ4n) is 2.95. The van der Waals surface area contributed by atoms with Gasteiger partial charge in [-0.1, -0.05) is 22.9 Å². The third-order valence-corrected chi connectivity index (χ3v) is 5.93. The molecular formula is C16H19BrN2OS. The number of nitrogens with two attached hydrogens (primary N) is 1. The van der Waals surface area contributed by atoms with E-state index in [1.807, 2.05) is 23.1 Å². The van der Waals surface area contributed by atoms with Crippen molar-refractivity contribution in [3.63, 3.8) is 0 Å². The minimum Gasteiger partial charge on any atom is -0.397 e. The lowest BCUT2D eigenvalue weighted by Crippen LogP contribution is -2.44. The van der Waals surface area contributed by atoms with Crippen molar-refractivity contribution < 1.29 is 4.79 Å². The number of hydrogen-bond donors (Lipinski definition) is 1. The number of nitrogen functional groups attached to an aromatic ring is 1. The van der Waals surface area contributed by atoms with Crippen molar-refractivity contribution in [2.24, 2.45) is 5.92 Å². The van der Waals surface area contributed by atoms with E-state index >= 15 is 0 Å². The van der Waals surface area contributed by atoms with E-state index in [4.69, 9.17) is 5.73 Å². The molecule has 1 aliphatic heterocycles. The van der Waals surface area contributed by atoms with E-state index in [-0.39, 0.29) is 5.91 Å². The fraction of sp³-hybridized carbons (Fsp3) is 0.438. The average molecular weight is 367 g/mol. The van der Waals surface area contributed by atoms with Gasteiger partial charge in [-0.25, -0.2) is 0 Å². The number of fused-ring (bicyclic) bond motifs is 1. The number of anilines is 1. The Labute approximate surface area is 137 Å². The average Bonchev–Trinajstić information content (AvgIpc) is 2.78. The summed E-state index contributed by atoms with van der Waals surface area (Å²) in [7, 11) is 0. The fourth-order valence-corrected chi connectivity index (χ4v) is 4.37. The minimum atomic E-state index is 0.0869. The first-order chi connectivity index (χ1) is 9.97. The molecule has 0 aliphatic carbocycles. The van der Waals surface area contributed by atoms with Gasteiger partial charge in [0.05, 0.1) is 5.69 Å². The highest BCUT2D eigenvalue weighted by molar-refractivity contribution is 9.10. The SMILES string of the molecule is CC1CCC(C)N(C(=O)c2sc3ccc(Br)cc3c2N)C1. The van der Waals surface area contributed by atoms with Crippen molar-refractivity contribution in [2.45, 2.75) is 32.7 Å². The summed E-state index contributed by atoms with van der Waals surface area (Å²) >= 11 is 4.96. The quantitative estimate of drug-likeness (QED) is 0.806. The van der Waals surface area contributed by atoms with Crippen LogP contribution in [0.4, 0.5) is 5.69 Å². The van der Waals surface area contributed by atoms with Crippen LogP contribution in [0.2, 0.25) is 0 Å². The van der Waals surface area contributed by atoms with E-state index in [2.05, 4.69) is 29.8 Å². The highest BCUT2D eigenvalue weighted by Gasteiger charge is 2.30. The van der Waals surface area contributed by atoms with E-state index < -0.39 is 0 Å². The molecule has 1 fully saturated rings. The predicted molar refractivity (Wildman–Crippen MR) is 92.8 cm³/mol. The Bertz CT molecular complexity index is 697. The van der Waals surface area contributed by atoms with Crippen LogP contribution in [0, 0.1) is 5.92 Å². The lowest BCUT2D eigenvalue weighted by Gasteiger charge is -2.36. The van der Waals surface area contributed by atoms with E-state index in [0.29, 0.717) is 22.5 Å². The van der Waals surface area contributed by atoms with Crippen molar-refractivity contribution in [3.05, 3.63) is 27.5 Å². The third kappa shape index (κ3) is 2.69. The molecule has 1 aliphatic rings. The zero-order chi connectivity index (χ0) is 15.1. The third-order valence-electron chi connectivity index (χ3n) is 4.26. The second-order valence-corrected chi connectivity index (χ2v) is 7.94. The van der Waals surface area contributed by atoms with E-state index in [0.717, 1.165) is 27.5 Å². The molecule has 0 spiro atoms. The van der Waals surface area contributed by atoms with Crippen molar-refractivity contribution in [2.75, 3.05) is 12.3 Å². The largest absolute Gasteiger partial charge is 0.397 e. The highest BCUT2D eigenvalue weighted by atomic mass is 79.9. The minimum absolute atomic E-state index is 0.0869. The first kappa shape index (κ1) is 14.9. The molecule has 0 saturated carbocycles. The number of thiophene rings is 1. The normalized spacial score (nSPS) is 22.7. The number of amides is 1. The summed E-state index contributed by atoms with van der Waals surface area (Å²) in [5.74, 6) is 0.652. The van der Waals surface area contributed by atoms with Crippen LogP contribution in [0.1, 0.15) is 36.4 Å². The number of piperidine rings is 1. The van der Waals surface area contributed by atoms with Crippen LogP contribution in [-0.2, 0) is 0 Å². The summed E-state index contributed by atoms with van der Waals surface area (Å²) in [5, 5.41) is 0.968. The summed E-state index contributed by atoms with van der Waals surface area (Å²) in [6.45, 7) is 5.17. The number of likely N-dealkylation sites (tertiary alicyclic amines) is 1. The van der Waals surface area contributed by atoms with Crippen LogP contribution in [0.25, 0.3) is 10.1 Å². The van der Waals surface area contributed by atoms with Gasteiger partial charge in [-0.2, -0.15) is 0 Å². The molecule has 2 N–H and O–H groups in total. The van der Waals surface area contributed by atoms with Crippen molar-refractivity contribution in [3.8, 4) is 0 Å². The Kier molecular flexibility index (Phi) is 3.97. The molecule has 1 aromatic carbocycles. The maximum absolute atomic E-state index is 12.9. The Hall–Kier alpha value is -1.07. The number of nitrogens with zero attached hydrogens (tertiary/aromatic N) is 1. The summed E-state index contributed by atoms with van der Waals surface area (Å²) < 4.78 is 2.05. The lowest BCUT2D eigenvalue weighted by molar-refractivity contribution is 0.0580. The number of rotatable bonds is 1. The van der Waals surface area contributed by atoms with E-state index in [1.165, 1.54) is 17.8 Å². The topological polar surface area (TPSA) is 46.3 Å². The zero-order valence-electron chi connectivity index (χ0n) is 12.2. The number of hydrogen-bond acceptors (Lipinski definition) is 3. The van der Waals surface area contributed by atoms with Gasteiger partial charge in [0.1, 0.15) is 4.88 Å². The van der Waals surface area contributed by atoms with Gasteiger partial charge in [0.25, 0.3) is 5.91 Å². The molecule has 0 bridgehead atoms. The van der Waals surface area contributed by atoms with Gasteiger partial charge in [0.2, 0.25) is 0 Å². The maximum Gasteiger partial charge on any atom is 0.266 e. The zero-order valence-corrected chi connectivity index (χ0v) is 14.6. The van der Waals surface area contributed by atoms with Gasteiger partial charge in [-0.3, -0.25) is 4.79 Å². The molecule has 2 heterocycles. The van der Waals surface area contributed by atoms with Gasteiger partial charge >= 0.3 is 0 Å². The van der Waals surface area contributed by atoms with Crippen molar-refractivity contribution in [1.29, 1.82) is 0 Å². The van der Waals surface area contributed by atoms with Gasteiger partial charge < -0.3 is 10.6 Å². The predicted octanol–water partition coefficient (Wildman–Crippen LogP) is 4.51. The van der Waals surface area contributed by atoms with Gasteiger partial charge in [0.15, 0.2) is 0 Å². The number of benzene rings is 1. The van der Waals surface area contributed by atoms with Crippen LogP contribution in [0.5, 0.6) is 0 Å². The molecule has 1 aromatic heterocycles. The number of carbonyl (C=O) groups excluding carboxylic acids is 1. The van der Waals surface area contributed by atoms with Crippen LogP contribution < -0.4 is 5.73 Å². The van der Waals surface area contributed by atoms with Crippen LogP contribution in [0.15, 0.2) is 22.7 Å². The first-order valence-electron chi connectivity index (χ1n) is 7.26. The molecule has 0 radical (unpaired) electrons. The molecule has 1 amide bonds. The number of carbonyl (C=O) groups is 1. The van der Waals surface area contributed by atoms with Crippen LogP contribution in [0.3, 0.4) is 0 Å². The molecule has 3 rings (SSSR count). The Morgan fingerprint density at radius 3 is 2.90 bits per heavy atom. The van der Waals surface area contributed by atoms with Gasteiger partial charge in [-0.15, -0.1) is 11.3 Å². The van der Waals surface area contributed by atoms with E-state index in [9.17, 15) is 4.79 Å². The standard InChI is InChI=1S/C16H19BrN2OS/c1-9-3-4-10(2)19(8-9)16(20)15-14(18)12-7-11(17)5-6-13(12)21-15/h5-7,9-10H,3-4,8,18H2,1-2H3. The number of halogens is 1. The molecule has 2 atom stereocenters. The van der Waals surface area contributed by atoms with Gasteiger partial charge in [0, 0.05) is 27.1 Å². The van der Waals surface area contributed by atoms with Crippen LogP contribution in [-0.4, -0.2) is 23.4 Å². The molecule has 112 valence electrons.